The Hall–Kier alpha value is -0.530. The third-order valence-electron chi connectivity index (χ3n) is 0.507. The average molecular weight is 102 g/mol. The minimum absolute atomic E-state index is 0.213. The predicted octanol–water partition coefficient (Wildman–Crippen LogP) is 1.42. The number of hydrogen-bond donors (Lipinski definition) is 0. The van der Waals surface area contributed by atoms with Crippen LogP contribution in [0.25, 0.3) is 0 Å². The Labute approximate surface area is 45.6 Å². The van der Waals surface area contributed by atoms with E-state index >= 15 is 0 Å². The summed E-state index contributed by atoms with van der Waals surface area (Å²) in [5, 5.41) is 3.43. The smallest absolute Gasteiger partial charge is 0.106 e. The molecule has 0 bridgehead atoms. The molecule has 7 heavy (non-hydrogen) atoms. The third kappa shape index (κ3) is 5.47. The molecule has 0 aliphatic rings. The van der Waals surface area contributed by atoms with E-state index in [4.69, 9.17) is 1.37 Å². The molecule has 0 aliphatic carbocycles. The lowest BCUT2D eigenvalue weighted by atomic mass is 10.4. The summed E-state index contributed by atoms with van der Waals surface area (Å²) in [5.41, 5.74) is 0. The van der Waals surface area contributed by atoms with E-state index in [1.54, 1.807) is 0 Å². The molecule has 0 aromatic rings. The van der Waals surface area contributed by atoms with Gasteiger partial charge in [-0.2, -0.15) is 0 Å². The van der Waals surface area contributed by atoms with E-state index in [2.05, 4.69) is 9.99 Å². The van der Waals surface area contributed by atoms with E-state index in [9.17, 15) is 0 Å². The van der Waals surface area contributed by atoms with Crippen LogP contribution in [-0.2, 0) is 4.84 Å². The van der Waals surface area contributed by atoms with E-state index in [-0.39, 0.29) is 6.40 Å². The van der Waals surface area contributed by atoms with Gasteiger partial charge in [0.1, 0.15) is 7.11 Å². The zero-order valence-electron chi connectivity index (χ0n) is 5.72. The largest absolute Gasteiger partial charge is 0.399 e. The maximum absolute atomic E-state index is 7.09. The van der Waals surface area contributed by atoms with Gasteiger partial charge in [0.15, 0.2) is 0 Å². The first-order chi connectivity index (χ1) is 3.81. The summed E-state index contributed by atoms with van der Waals surface area (Å²) in [6.45, 7) is 1.93. The Morgan fingerprint density at radius 1 is 2.00 bits per heavy atom. The van der Waals surface area contributed by atoms with Crippen molar-refractivity contribution in [3.8, 4) is 0 Å². The van der Waals surface area contributed by atoms with Gasteiger partial charge >= 0.3 is 0 Å². The first-order valence-electron chi connectivity index (χ1n) is 2.88. The Morgan fingerprint density at radius 3 is 3.14 bits per heavy atom. The second-order valence-corrected chi connectivity index (χ2v) is 1.08. The molecule has 0 aromatic carbocycles. The molecule has 0 saturated heterocycles. The zero-order valence-corrected chi connectivity index (χ0v) is 4.72. The third-order valence-corrected chi connectivity index (χ3v) is 0.507. The van der Waals surface area contributed by atoms with Crippen LogP contribution < -0.4 is 0 Å². The van der Waals surface area contributed by atoms with E-state index in [0.29, 0.717) is 0 Å². The lowest BCUT2D eigenvalue weighted by molar-refractivity contribution is 0.214. The Kier molecular flexibility index (Phi) is 3.61. The van der Waals surface area contributed by atoms with Crippen molar-refractivity contribution < 1.29 is 6.21 Å². The van der Waals surface area contributed by atoms with E-state index in [1.807, 2.05) is 6.92 Å². The monoisotopic (exact) mass is 102 g/mol. The van der Waals surface area contributed by atoms with Gasteiger partial charge in [0.05, 0.1) is 0 Å². The van der Waals surface area contributed by atoms with Crippen LogP contribution in [0.2, 0.25) is 0 Å². The Morgan fingerprint density at radius 2 is 2.71 bits per heavy atom. The maximum atomic E-state index is 7.09. The fourth-order valence-corrected chi connectivity index (χ4v) is 0.209. The number of oxime groups is 1. The number of hydrogen-bond acceptors (Lipinski definition) is 2. The van der Waals surface area contributed by atoms with Crippen molar-refractivity contribution in [3.63, 3.8) is 0 Å². The van der Waals surface area contributed by atoms with Gasteiger partial charge in [0, 0.05) is 7.59 Å². The van der Waals surface area contributed by atoms with Crippen LogP contribution in [0.15, 0.2) is 5.16 Å². The number of rotatable bonds is 3. The highest BCUT2D eigenvalue weighted by Gasteiger charge is 1.69. The minimum Gasteiger partial charge on any atom is -0.399 e. The Bertz CT molecular complexity index is 74.8. The molecule has 0 fully saturated rings. The summed E-state index contributed by atoms with van der Waals surface area (Å²) in [7, 11) is 1.47. The lowest BCUT2D eigenvalue weighted by Crippen LogP contribution is -1.72. The molecule has 0 saturated carbocycles. The van der Waals surface area contributed by atoms with Gasteiger partial charge < -0.3 is 4.84 Å². The van der Waals surface area contributed by atoms with E-state index in [0.717, 1.165) is 6.42 Å². The summed E-state index contributed by atoms with van der Waals surface area (Å²) in [6.07, 6.45) is 2.04. The van der Waals surface area contributed by atoms with Crippen LogP contribution in [0, 0.1) is 0 Å². The van der Waals surface area contributed by atoms with Crippen molar-refractivity contribution >= 4 is 6.21 Å². The summed E-state index contributed by atoms with van der Waals surface area (Å²) in [5.74, 6) is 0. The average Bonchev–Trinajstić information content (AvgIpc) is 1.83. The summed E-state index contributed by atoms with van der Waals surface area (Å²) < 4.78 is 7.09. The molecule has 0 aliphatic heterocycles. The molecule has 0 heterocycles. The van der Waals surface area contributed by atoms with Crippen LogP contribution in [0.4, 0.5) is 0 Å². The molecule has 0 N–H and O–H groups in total. The first-order valence-corrected chi connectivity index (χ1v) is 2.30. The fourth-order valence-electron chi connectivity index (χ4n) is 0.209. The van der Waals surface area contributed by atoms with Gasteiger partial charge in [-0.05, 0) is 6.40 Å². The number of nitrogens with zero attached hydrogens (tertiary/aromatic N) is 1. The van der Waals surface area contributed by atoms with Crippen LogP contribution >= 0.6 is 0 Å². The summed E-state index contributed by atoms with van der Waals surface area (Å²) >= 11 is 0. The van der Waals surface area contributed by atoms with Gasteiger partial charge in [-0.25, -0.2) is 0 Å². The molecule has 0 radical (unpaired) electrons. The molecule has 42 valence electrons. The summed E-state index contributed by atoms with van der Waals surface area (Å²) in [6, 6.07) is 0. The highest BCUT2D eigenvalue weighted by Crippen LogP contribution is 1.79. The second-order valence-electron chi connectivity index (χ2n) is 1.08. The quantitative estimate of drug-likeness (QED) is 0.390. The second kappa shape index (κ2) is 5.47. The summed E-state index contributed by atoms with van der Waals surface area (Å²) in [4.78, 5) is 4.36. The molecule has 0 rings (SSSR count). The van der Waals surface area contributed by atoms with Crippen LogP contribution in [0.5, 0.6) is 0 Å². The minimum atomic E-state index is -0.213. The highest BCUT2D eigenvalue weighted by atomic mass is 16.6. The molecule has 1 unspecified atom stereocenters. The van der Waals surface area contributed by atoms with Gasteiger partial charge in [-0.1, -0.05) is 18.5 Å². The molecule has 1 atom stereocenters. The van der Waals surface area contributed by atoms with E-state index < -0.39 is 0 Å². The van der Waals surface area contributed by atoms with Gasteiger partial charge in [0.25, 0.3) is 0 Å². The molecule has 2 heteroatoms. The molecular weight excluding hydrogens is 90.1 g/mol. The predicted molar refractivity (Wildman–Crippen MR) is 30.4 cm³/mol. The van der Waals surface area contributed by atoms with Crippen molar-refractivity contribution in [1.29, 1.82) is 0 Å². The first kappa shape index (κ1) is 4.62. The molecule has 2 nitrogen and oxygen atoms in total. The molecule has 0 spiro atoms. The highest BCUT2D eigenvalue weighted by molar-refractivity contribution is 5.55. The van der Waals surface area contributed by atoms with Gasteiger partial charge in [-0.15, -0.1) is 0 Å². The lowest BCUT2D eigenvalue weighted by Gasteiger charge is -1.82. The molecule has 0 aromatic heterocycles. The van der Waals surface area contributed by atoms with Crippen LogP contribution in [0.3, 0.4) is 0 Å². The van der Waals surface area contributed by atoms with Crippen LogP contribution in [0.1, 0.15) is 21.1 Å². The van der Waals surface area contributed by atoms with Crippen molar-refractivity contribution in [2.75, 3.05) is 7.11 Å². The molecule has 0 amide bonds. The zero-order chi connectivity index (χ0) is 6.41. The normalized spacial score (nSPS) is 16.6. The maximum Gasteiger partial charge on any atom is 0.106 e. The SMILES string of the molecule is [2H]C(/C=N/OC)CC. The topological polar surface area (TPSA) is 21.6 Å². The van der Waals surface area contributed by atoms with Crippen LogP contribution in [-0.4, -0.2) is 13.3 Å². The van der Waals surface area contributed by atoms with Crippen molar-refractivity contribution in [1.82, 2.24) is 0 Å². The van der Waals surface area contributed by atoms with Gasteiger partial charge in [0.2, 0.25) is 0 Å². The van der Waals surface area contributed by atoms with Crippen molar-refractivity contribution in [2.24, 2.45) is 5.16 Å². The van der Waals surface area contributed by atoms with Gasteiger partial charge in [-0.3, -0.25) is 0 Å². The molecular formula is C5H11NO. The Balaban J connectivity index is 3.21. The standard InChI is InChI=1S/C5H11NO/c1-3-4-5-6-7-2/h5H,3-4H2,1-2H3/b6-5+/i4D. The van der Waals surface area contributed by atoms with E-state index in [1.165, 1.54) is 13.3 Å². The van der Waals surface area contributed by atoms with Crippen molar-refractivity contribution in [3.05, 3.63) is 0 Å². The fraction of sp³-hybridized carbons (Fsp3) is 0.800. The van der Waals surface area contributed by atoms with Crippen molar-refractivity contribution in [2.45, 2.75) is 19.7 Å².